The summed E-state index contributed by atoms with van der Waals surface area (Å²) in [7, 11) is 1.45. The number of rotatable bonds is 9. The number of thiophene rings is 1. The molecule has 4 aromatic rings. The van der Waals surface area contributed by atoms with Crippen molar-refractivity contribution in [3.8, 4) is 22.6 Å². The molecule has 0 bridgehead atoms. The van der Waals surface area contributed by atoms with Crippen LogP contribution in [0.1, 0.15) is 5.56 Å². The van der Waals surface area contributed by atoms with E-state index in [4.69, 9.17) is 4.74 Å². The van der Waals surface area contributed by atoms with Crippen LogP contribution in [0.15, 0.2) is 81.6 Å². The van der Waals surface area contributed by atoms with Gasteiger partial charge in [-0.3, -0.25) is 14.2 Å². The van der Waals surface area contributed by atoms with Gasteiger partial charge in [0.2, 0.25) is 0 Å². The molecular formula is C25H22N4O4S2. The monoisotopic (exact) mass is 506 g/mol. The van der Waals surface area contributed by atoms with Crippen molar-refractivity contribution in [2.24, 2.45) is 5.10 Å². The number of hydrogen-bond acceptors (Lipinski definition) is 8. The fraction of sp³-hybridized carbons (Fsp3) is 0.120. The molecule has 0 saturated carbocycles. The minimum atomic E-state index is -0.354. The number of fused-ring (bicyclic) bond motifs is 1. The van der Waals surface area contributed by atoms with E-state index in [1.165, 1.54) is 35.3 Å². The molecule has 1 amide bonds. The van der Waals surface area contributed by atoms with Crippen LogP contribution in [0.3, 0.4) is 0 Å². The van der Waals surface area contributed by atoms with Gasteiger partial charge < -0.3 is 9.84 Å². The van der Waals surface area contributed by atoms with Crippen molar-refractivity contribution in [1.29, 1.82) is 0 Å². The molecule has 2 aromatic carbocycles. The number of phenols is 1. The highest BCUT2D eigenvalue weighted by Crippen LogP contribution is 2.32. The Morgan fingerprint density at radius 2 is 2.11 bits per heavy atom. The molecule has 178 valence electrons. The normalized spacial score (nSPS) is 11.1. The molecule has 8 nitrogen and oxygen atoms in total. The molecule has 0 atom stereocenters. The highest BCUT2D eigenvalue weighted by molar-refractivity contribution is 7.99. The summed E-state index contributed by atoms with van der Waals surface area (Å²) in [5, 5.41) is 16.5. The van der Waals surface area contributed by atoms with Crippen LogP contribution in [-0.4, -0.2) is 39.6 Å². The molecule has 0 aliphatic carbocycles. The fourth-order valence-electron chi connectivity index (χ4n) is 3.35. The third-order valence-corrected chi connectivity index (χ3v) is 6.84. The molecule has 35 heavy (non-hydrogen) atoms. The number of thioether (sulfide) groups is 1. The van der Waals surface area contributed by atoms with E-state index in [2.05, 4.69) is 22.1 Å². The van der Waals surface area contributed by atoms with Crippen molar-refractivity contribution < 1.29 is 14.6 Å². The molecule has 4 rings (SSSR count). The van der Waals surface area contributed by atoms with Gasteiger partial charge in [0.05, 0.1) is 24.5 Å². The molecule has 0 aliphatic rings. The third kappa shape index (κ3) is 5.44. The summed E-state index contributed by atoms with van der Waals surface area (Å²) in [6, 6.07) is 14.4. The smallest absolute Gasteiger partial charge is 0.263 e. The third-order valence-electron chi connectivity index (χ3n) is 4.99. The van der Waals surface area contributed by atoms with Gasteiger partial charge >= 0.3 is 0 Å². The lowest BCUT2D eigenvalue weighted by molar-refractivity contribution is -0.118. The lowest BCUT2D eigenvalue weighted by Gasteiger charge is -2.10. The number of nitrogens with zero attached hydrogens (tertiary/aromatic N) is 3. The van der Waals surface area contributed by atoms with Crippen molar-refractivity contribution in [2.45, 2.75) is 11.7 Å². The first-order valence-corrected chi connectivity index (χ1v) is 12.4. The summed E-state index contributed by atoms with van der Waals surface area (Å²) in [5.41, 5.74) is 4.73. The maximum absolute atomic E-state index is 13.4. The molecule has 0 unspecified atom stereocenters. The standard InChI is InChI=1S/C25H22N4O4S2/c1-3-11-29-24(32)22-18(17-7-5-4-6-8-17)14-34-23(22)27-25(29)35-15-21(31)28-26-13-16-9-10-19(30)20(12-16)33-2/h3-10,12-14,30H,1,11,15H2,2H3,(H,28,31)/b26-13+. The second-order valence-corrected chi connectivity index (χ2v) is 9.11. The second kappa shape index (κ2) is 11.0. The Labute approximate surface area is 209 Å². The Balaban J connectivity index is 1.51. The number of hydrazone groups is 1. The quantitative estimate of drug-likeness (QED) is 0.115. The van der Waals surface area contributed by atoms with Crippen LogP contribution in [0.25, 0.3) is 21.3 Å². The van der Waals surface area contributed by atoms with E-state index in [9.17, 15) is 14.7 Å². The number of carbonyl (C=O) groups is 1. The summed E-state index contributed by atoms with van der Waals surface area (Å²) >= 11 is 2.55. The SMILES string of the molecule is C=CCn1c(SCC(=O)N/N=C/c2ccc(O)c(OC)c2)nc2scc(-c3ccccc3)c2c1=O. The maximum Gasteiger partial charge on any atom is 0.263 e. The molecule has 0 aliphatic heterocycles. The fourth-order valence-corrected chi connectivity index (χ4v) is 5.14. The molecule has 2 heterocycles. The zero-order valence-electron chi connectivity index (χ0n) is 18.8. The van der Waals surface area contributed by atoms with Crippen molar-refractivity contribution in [3.63, 3.8) is 0 Å². The van der Waals surface area contributed by atoms with Crippen LogP contribution in [-0.2, 0) is 11.3 Å². The lowest BCUT2D eigenvalue weighted by atomic mass is 10.1. The first kappa shape index (κ1) is 24.2. The van der Waals surface area contributed by atoms with Gasteiger partial charge in [0, 0.05) is 17.5 Å². The number of aromatic hydroxyl groups is 1. The Kier molecular flexibility index (Phi) is 7.64. The van der Waals surface area contributed by atoms with Crippen LogP contribution in [0.5, 0.6) is 11.5 Å². The van der Waals surface area contributed by atoms with Gasteiger partial charge in [-0.25, -0.2) is 10.4 Å². The number of amides is 1. The minimum Gasteiger partial charge on any atom is -0.504 e. The van der Waals surface area contributed by atoms with E-state index < -0.39 is 0 Å². The number of benzene rings is 2. The van der Waals surface area contributed by atoms with Crippen molar-refractivity contribution in [2.75, 3.05) is 12.9 Å². The predicted molar refractivity (Wildman–Crippen MR) is 141 cm³/mol. The summed E-state index contributed by atoms with van der Waals surface area (Å²) in [5.74, 6) is -0.0155. The van der Waals surface area contributed by atoms with E-state index in [1.807, 2.05) is 35.7 Å². The van der Waals surface area contributed by atoms with Crippen LogP contribution in [0.2, 0.25) is 0 Å². The average molecular weight is 507 g/mol. The molecule has 2 N–H and O–H groups in total. The molecule has 10 heteroatoms. The predicted octanol–water partition coefficient (Wildman–Crippen LogP) is 4.27. The number of methoxy groups -OCH3 is 1. The molecular weight excluding hydrogens is 484 g/mol. The number of carbonyl (C=O) groups excluding carboxylic acids is 1. The molecule has 0 spiro atoms. The summed E-state index contributed by atoms with van der Waals surface area (Å²) in [6.45, 7) is 4.03. The van der Waals surface area contributed by atoms with Gasteiger partial charge in [0.1, 0.15) is 4.83 Å². The number of hydrogen-bond donors (Lipinski definition) is 2. The van der Waals surface area contributed by atoms with Crippen LogP contribution in [0, 0.1) is 0 Å². The topological polar surface area (TPSA) is 106 Å². The van der Waals surface area contributed by atoms with Gasteiger partial charge in [-0.2, -0.15) is 5.10 Å². The van der Waals surface area contributed by atoms with Crippen molar-refractivity contribution in [3.05, 3.63) is 82.5 Å². The average Bonchev–Trinajstić information content (AvgIpc) is 3.30. The highest BCUT2D eigenvalue weighted by atomic mass is 32.2. The van der Waals surface area contributed by atoms with E-state index in [0.717, 1.165) is 22.9 Å². The Bertz CT molecular complexity index is 1460. The number of ether oxygens (including phenoxy) is 1. The van der Waals surface area contributed by atoms with Gasteiger partial charge in [0.15, 0.2) is 16.7 Å². The van der Waals surface area contributed by atoms with Crippen LogP contribution >= 0.6 is 23.1 Å². The Morgan fingerprint density at radius 3 is 2.86 bits per heavy atom. The number of phenolic OH excluding ortho intramolecular Hbond substituents is 1. The van der Waals surface area contributed by atoms with Crippen LogP contribution in [0.4, 0.5) is 0 Å². The van der Waals surface area contributed by atoms with Crippen LogP contribution < -0.4 is 15.7 Å². The first-order valence-electron chi connectivity index (χ1n) is 10.5. The van der Waals surface area contributed by atoms with Gasteiger partial charge in [-0.15, -0.1) is 17.9 Å². The van der Waals surface area contributed by atoms with Crippen molar-refractivity contribution >= 4 is 45.4 Å². The summed E-state index contributed by atoms with van der Waals surface area (Å²) in [4.78, 5) is 31.0. The Morgan fingerprint density at radius 1 is 1.31 bits per heavy atom. The molecule has 0 saturated heterocycles. The lowest BCUT2D eigenvalue weighted by Crippen LogP contribution is -2.24. The van der Waals surface area contributed by atoms with Crippen molar-refractivity contribution in [1.82, 2.24) is 15.0 Å². The highest BCUT2D eigenvalue weighted by Gasteiger charge is 2.17. The van der Waals surface area contributed by atoms with E-state index >= 15 is 0 Å². The zero-order chi connectivity index (χ0) is 24.8. The van der Waals surface area contributed by atoms with Gasteiger partial charge in [-0.1, -0.05) is 48.2 Å². The largest absolute Gasteiger partial charge is 0.504 e. The second-order valence-electron chi connectivity index (χ2n) is 7.31. The van der Waals surface area contributed by atoms with Gasteiger partial charge in [-0.05, 0) is 29.3 Å². The zero-order valence-corrected chi connectivity index (χ0v) is 20.4. The minimum absolute atomic E-state index is 0.0155. The molecule has 0 fully saturated rings. The number of aromatic nitrogens is 2. The van der Waals surface area contributed by atoms with E-state index in [1.54, 1.807) is 18.2 Å². The molecule has 0 radical (unpaired) electrons. The molecule has 2 aromatic heterocycles. The maximum atomic E-state index is 13.4. The van der Waals surface area contributed by atoms with E-state index in [-0.39, 0.29) is 29.5 Å². The first-order chi connectivity index (χ1) is 17.0. The van der Waals surface area contributed by atoms with E-state index in [0.29, 0.717) is 26.7 Å². The summed E-state index contributed by atoms with van der Waals surface area (Å²) in [6.07, 6.45) is 3.07. The Hall–Kier alpha value is -3.89. The number of nitrogens with one attached hydrogen (secondary N) is 1. The number of allylic oxidation sites excluding steroid dienone is 1. The van der Waals surface area contributed by atoms with Gasteiger partial charge in [0.25, 0.3) is 11.5 Å². The summed E-state index contributed by atoms with van der Waals surface area (Å²) < 4.78 is 6.58.